The Bertz CT molecular complexity index is 832. The molecule has 2 aromatic carbocycles. The van der Waals surface area contributed by atoms with Crippen LogP contribution in [0, 0.1) is 11.8 Å². The van der Waals surface area contributed by atoms with Crippen molar-refractivity contribution in [3.05, 3.63) is 48.0 Å². The summed E-state index contributed by atoms with van der Waals surface area (Å²) in [6.45, 7) is 7.84. The largest absolute Gasteiger partial charge is 0.353 e. The van der Waals surface area contributed by atoms with Crippen LogP contribution in [0.2, 0.25) is 0 Å². The fourth-order valence-corrected chi connectivity index (χ4v) is 4.19. The topological polar surface area (TPSA) is 49.4 Å². The fraction of sp³-hybridized carbons (Fsp3) is 0.520. The first-order valence-electron chi connectivity index (χ1n) is 11.0. The molecule has 4 heteroatoms. The van der Waals surface area contributed by atoms with Crippen molar-refractivity contribution in [2.75, 3.05) is 13.1 Å². The van der Waals surface area contributed by atoms with Gasteiger partial charge in [-0.2, -0.15) is 0 Å². The lowest BCUT2D eigenvalue weighted by atomic mass is 9.94. The van der Waals surface area contributed by atoms with Gasteiger partial charge in [-0.05, 0) is 48.9 Å². The van der Waals surface area contributed by atoms with E-state index in [-0.39, 0.29) is 23.8 Å². The maximum Gasteiger partial charge on any atom is 0.254 e. The third kappa shape index (κ3) is 5.59. The van der Waals surface area contributed by atoms with Crippen molar-refractivity contribution in [1.29, 1.82) is 0 Å². The standard InChI is InChI=1S/C25H34N2O2/c1-18(2)8-6-9-19(3)26-24(28)21-14-16-27(17-15-21)25(29)23-13-7-11-20-10-4-5-12-22(20)23/h4-5,7,10-13,18-19,21H,6,8-9,14-17H2,1-3H3,(H,26,28). The van der Waals surface area contributed by atoms with Crippen LogP contribution < -0.4 is 5.32 Å². The number of hydrogen-bond donors (Lipinski definition) is 1. The number of nitrogens with zero attached hydrogens (tertiary/aromatic N) is 1. The molecule has 4 nitrogen and oxygen atoms in total. The second-order valence-electron chi connectivity index (χ2n) is 8.83. The molecule has 1 aliphatic rings. The van der Waals surface area contributed by atoms with Gasteiger partial charge in [0.05, 0.1) is 0 Å². The van der Waals surface area contributed by atoms with Crippen LogP contribution in [0.15, 0.2) is 42.5 Å². The lowest BCUT2D eigenvalue weighted by Gasteiger charge is -2.32. The minimum atomic E-state index is 0.0131. The fourth-order valence-electron chi connectivity index (χ4n) is 4.19. The molecule has 2 aromatic rings. The second-order valence-corrected chi connectivity index (χ2v) is 8.83. The molecule has 1 N–H and O–H groups in total. The molecule has 1 fully saturated rings. The van der Waals surface area contributed by atoms with Gasteiger partial charge in [-0.1, -0.05) is 63.1 Å². The van der Waals surface area contributed by atoms with Crippen molar-refractivity contribution in [3.63, 3.8) is 0 Å². The number of carbonyl (C=O) groups is 2. The van der Waals surface area contributed by atoms with Crippen molar-refractivity contribution in [2.24, 2.45) is 11.8 Å². The molecule has 1 heterocycles. The second kappa shape index (κ2) is 9.91. The molecule has 0 bridgehead atoms. The van der Waals surface area contributed by atoms with Gasteiger partial charge in [0.25, 0.3) is 5.91 Å². The molecule has 2 amide bonds. The Labute approximate surface area is 174 Å². The van der Waals surface area contributed by atoms with Crippen LogP contribution in [-0.2, 0) is 4.79 Å². The van der Waals surface area contributed by atoms with E-state index in [0.717, 1.165) is 42.0 Å². The Morgan fingerprint density at radius 2 is 1.69 bits per heavy atom. The highest BCUT2D eigenvalue weighted by molar-refractivity contribution is 6.07. The minimum absolute atomic E-state index is 0.0131. The van der Waals surface area contributed by atoms with E-state index >= 15 is 0 Å². The lowest BCUT2D eigenvalue weighted by molar-refractivity contribution is -0.126. The van der Waals surface area contributed by atoms with E-state index in [0.29, 0.717) is 19.0 Å². The quantitative estimate of drug-likeness (QED) is 0.716. The molecule has 29 heavy (non-hydrogen) atoms. The van der Waals surface area contributed by atoms with Gasteiger partial charge in [0.1, 0.15) is 0 Å². The number of amides is 2. The van der Waals surface area contributed by atoms with E-state index in [1.54, 1.807) is 0 Å². The maximum atomic E-state index is 13.1. The Balaban J connectivity index is 1.52. The third-order valence-corrected chi connectivity index (χ3v) is 5.98. The Hall–Kier alpha value is -2.36. The normalized spacial score (nSPS) is 16.2. The van der Waals surface area contributed by atoms with Gasteiger partial charge in [0.15, 0.2) is 0 Å². The summed E-state index contributed by atoms with van der Waals surface area (Å²) in [6.07, 6.45) is 4.86. The highest BCUT2D eigenvalue weighted by Crippen LogP contribution is 2.24. The molecule has 0 spiro atoms. The molecule has 1 aliphatic heterocycles. The molecule has 1 saturated heterocycles. The third-order valence-electron chi connectivity index (χ3n) is 5.98. The predicted molar refractivity (Wildman–Crippen MR) is 119 cm³/mol. The summed E-state index contributed by atoms with van der Waals surface area (Å²) in [4.78, 5) is 27.6. The van der Waals surface area contributed by atoms with Gasteiger partial charge in [-0.15, -0.1) is 0 Å². The first-order valence-corrected chi connectivity index (χ1v) is 11.0. The van der Waals surface area contributed by atoms with E-state index in [1.807, 2.05) is 47.4 Å². The number of rotatable bonds is 7. The molecule has 1 atom stereocenters. The number of nitrogens with one attached hydrogen (secondary N) is 1. The summed E-state index contributed by atoms with van der Waals surface area (Å²) in [5, 5.41) is 5.26. The molecular weight excluding hydrogens is 360 g/mol. The molecule has 0 aliphatic carbocycles. The van der Waals surface area contributed by atoms with Gasteiger partial charge in [-0.25, -0.2) is 0 Å². The molecule has 156 valence electrons. The molecule has 1 unspecified atom stereocenters. The number of benzene rings is 2. The molecular formula is C25H34N2O2. The highest BCUT2D eigenvalue weighted by atomic mass is 16.2. The first kappa shape index (κ1) is 21.4. The number of hydrogen-bond acceptors (Lipinski definition) is 2. The van der Waals surface area contributed by atoms with Crippen molar-refractivity contribution < 1.29 is 9.59 Å². The summed E-state index contributed by atoms with van der Waals surface area (Å²) in [5.74, 6) is 0.947. The van der Waals surface area contributed by atoms with E-state index < -0.39 is 0 Å². The van der Waals surface area contributed by atoms with Crippen molar-refractivity contribution >= 4 is 22.6 Å². The zero-order chi connectivity index (χ0) is 20.8. The Morgan fingerprint density at radius 1 is 1.00 bits per heavy atom. The van der Waals surface area contributed by atoms with Crippen LogP contribution >= 0.6 is 0 Å². The van der Waals surface area contributed by atoms with Crippen molar-refractivity contribution in [3.8, 4) is 0 Å². The molecule has 0 saturated carbocycles. The van der Waals surface area contributed by atoms with Crippen LogP contribution in [0.25, 0.3) is 10.8 Å². The van der Waals surface area contributed by atoms with E-state index in [4.69, 9.17) is 0 Å². The summed E-state index contributed by atoms with van der Waals surface area (Å²) in [6, 6.07) is 14.1. The summed E-state index contributed by atoms with van der Waals surface area (Å²) >= 11 is 0. The molecule has 3 rings (SSSR count). The van der Waals surface area contributed by atoms with Crippen LogP contribution in [0.1, 0.15) is 63.2 Å². The number of piperidine rings is 1. The van der Waals surface area contributed by atoms with Gasteiger partial charge in [0.2, 0.25) is 5.91 Å². The number of likely N-dealkylation sites (tertiary alicyclic amines) is 1. The van der Waals surface area contributed by atoms with E-state index in [9.17, 15) is 9.59 Å². The van der Waals surface area contributed by atoms with Crippen LogP contribution in [0.4, 0.5) is 0 Å². The molecule has 0 radical (unpaired) electrons. The lowest BCUT2D eigenvalue weighted by Crippen LogP contribution is -2.44. The number of fused-ring (bicyclic) bond motifs is 1. The Kier molecular flexibility index (Phi) is 7.29. The summed E-state index contributed by atoms with van der Waals surface area (Å²) in [5.41, 5.74) is 0.754. The van der Waals surface area contributed by atoms with Crippen LogP contribution in [-0.4, -0.2) is 35.8 Å². The number of carbonyl (C=O) groups excluding carboxylic acids is 2. The van der Waals surface area contributed by atoms with Crippen LogP contribution in [0.5, 0.6) is 0 Å². The van der Waals surface area contributed by atoms with E-state index in [1.165, 1.54) is 6.42 Å². The summed E-state index contributed by atoms with van der Waals surface area (Å²) < 4.78 is 0. The van der Waals surface area contributed by atoms with Gasteiger partial charge in [-0.3, -0.25) is 9.59 Å². The maximum absolute atomic E-state index is 13.1. The zero-order valence-corrected chi connectivity index (χ0v) is 18.0. The Morgan fingerprint density at radius 3 is 2.41 bits per heavy atom. The highest BCUT2D eigenvalue weighted by Gasteiger charge is 2.28. The SMILES string of the molecule is CC(C)CCCC(C)NC(=O)C1CCN(C(=O)c2cccc3ccccc23)CC1. The van der Waals surface area contributed by atoms with Gasteiger partial charge >= 0.3 is 0 Å². The average molecular weight is 395 g/mol. The van der Waals surface area contributed by atoms with Crippen LogP contribution in [0.3, 0.4) is 0 Å². The van der Waals surface area contributed by atoms with Crippen molar-refractivity contribution in [1.82, 2.24) is 10.2 Å². The smallest absolute Gasteiger partial charge is 0.254 e. The zero-order valence-electron chi connectivity index (χ0n) is 18.0. The minimum Gasteiger partial charge on any atom is -0.353 e. The first-order chi connectivity index (χ1) is 14.0. The van der Waals surface area contributed by atoms with E-state index in [2.05, 4.69) is 26.1 Å². The van der Waals surface area contributed by atoms with Gasteiger partial charge < -0.3 is 10.2 Å². The summed E-state index contributed by atoms with van der Waals surface area (Å²) in [7, 11) is 0. The predicted octanol–water partition coefficient (Wildman–Crippen LogP) is 5.02. The van der Waals surface area contributed by atoms with Gasteiger partial charge in [0, 0.05) is 30.6 Å². The molecule has 0 aromatic heterocycles. The van der Waals surface area contributed by atoms with Crippen molar-refractivity contribution in [2.45, 2.75) is 58.9 Å². The average Bonchev–Trinajstić information content (AvgIpc) is 2.72. The monoisotopic (exact) mass is 394 g/mol.